The predicted molar refractivity (Wildman–Crippen MR) is 132 cm³/mol. The van der Waals surface area contributed by atoms with E-state index in [0.717, 1.165) is 22.4 Å². The molecule has 0 atom stereocenters. The first-order valence-corrected chi connectivity index (χ1v) is 11.0. The van der Waals surface area contributed by atoms with Gasteiger partial charge in [0.1, 0.15) is 0 Å². The number of hydrogen-bond acceptors (Lipinski definition) is 3. The van der Waals surface area contributed by atoms with Gasteiger partial charge in [0.15, 0.2) is 5.69 Å². The fraction of sp³-hybridized carbons (Fsp3) is 0.280. The molecule has 0 unspecified atom stereocenters. The normalized spacial score (nSPS) is 11.1. The number of rotatable bonds is 4. The number of carbonyl (C=O) groups is 1. The highest BCUT2D eigenvalue weighted by Crippen LogP contribution is 2.32. The summed E-state index contributed by atoms with van der Waals surface area (Å²) in [7, 11) is 0. The number of benzene rings is 2. The Bertz CT molecular complexity index is 1200. The van der Waals surface area contributed by atoms with Crippen molar-refractivity contribution < 1.29 is 4.79 Å². The van der Waals surface area contributed by atoms with Gasteiger partial charge in [0, 0.05) is 40.2 Å². The van der Waals surface area contributed by atoms with Gasteiger partial charge in [0.2, 0.25) is 0 Å². The summed E-state index contributed by atoms with van der Waals surface area (Å²) < 4.78 is 1.70. The van der Waals surface area contributed by atoms with E-state index in [1.165, 1.54) is 0 Å². The second kappa shape index (κ2) is 9.79. The number of carbonyl (C=O) groups excluding carboxylic acids is 1. The molecule has 0 saturated carbocycles. The Hall–Kier alpha value is -2.78. The lowest BCUT2D eigenvalue weighted by Gasteiger charge is -2.19. The lowest BCUT2D eigenvalue weighted by Crippen LogP contribution is -2.41. The maximum Gasteiger partial charge on any atom is 0.272 e. The maximum absolute atomic E-state index is 13.0. The molecule has 1 amide bonds. The molecule has 166 valence electrons. The van der Waals surface area contributed by atoms with Gasteiger partial charge in [-0.2, -0.15) is 5.10 Å². The zero-order valence-electron chi connectivity index (χ0n) is 18.6. The van der Waals surface area contributed by atoms with Crippen LogP contribution in [-0.2, 0) is 0 Å². The summed E-state index contributed by atoms with van der Waals surface area (Å²) in [6.07, 6.45) is 0.616. The van der Waals surface area contributed by atoms with Gasteiger partial charge in [-0.3, -0.25) is 4.79 Å². The molecule has 3 aromatic rings. The van der Waals surface area contributed by atoms with E-state index in [1.807, 2.05) is 52.0 Å². The van der Waals surface area contributed by atoms with Crippen LogP contribution in [-0.4, -0.2) is 27.8 Å². The summed E-state index contributed by atoms with van der Waals surface area (Å²) in [5.41, 5.74) is 9.28. The molecule has 7 heteroatoms. The van der Waals surface area contributed by atoms with Gasteiger partial charge >= 0.3 is 0 Å². The Morgan fingerprint density at radius 3 is 2.44 bits per heavy atom. The number of aromatic nitrogens is 2. The highest BCUT2D eigenvalue weighted by molar-refractivity contribution is 6.32. The van der Waals surface area contributed by atoms with E-state index >= 15 is 0 Å². The van der Waals surface area contributed by atoms with Crippen molar-refractivity contribution in [3.63, 3.8) is 0 Å². The molecule has 0 spiro atoms. The maximum atomic E-state index is 13.0. The monoisotopic (exact) mass is 468 g/mol. The minimum atomic E-state index is -0.394. The zero-order chi connectivity index (χ0) is 23.5. The molecule has 5 nitrogen and oxygen atoms in total. The van der Waals surface area contributed by atoms with E-state index in [4.69, 9.17) is 28.9 Å². The molecule has 3 N–H and O–H groups in total. The number of nitrogens with one attached hydrogen (secondary N) is 1. The van der Waals surface area contributed by atoms with Crippen LogP contribution in [0.2, 0.25) is 10.0 Å². The average molecular weight is 469 g/mol. The van der Waals surface area contributed by atoms with Crippen molar-refractivity contribution in [2.45, 2.75) is 39.7 Å². The molecule has 1 aromatic heterocycles. The van der Waals surface area contributed by atoms with E-state index < -0.39 is 5.54 Å². The molecular weight excluding hydrogens is 443 g/mol. The zero-order valence-corrected chi connectivity index (χ0v) is 20.1. The number of nitrogens with two attached hydrogens (primary N) is 1. The van der Waals surface area contributed by atoms with Crippen molar-refractivity contribution in [1.29, 1.82) is 0 Å². The summed E-state index contributed by atoms with van der Waals surface area (Å²) in [5, 5.41) is 8.75. The quantitative estimate of drug-likeness (QED) is 0.504. The third-order valence-electron chi connectivity index (χ3n) is 4.62. The van der Waals surface area contributed by atoms with Gasteiger partial charge < -0.3 is 11.1 Å². The fourth-order valence-corrected chi connectivity index (χ4v) is 3.61. The molecular formula is C25H26Cl2N4O. The Morgan fingerprint density at radius 2 is 1.84 bits per heavy atom. The largest absolute Gasteiger partial charge is 0.346 e. The Balaban J connectivity index is 2.16. The molecule has 0 radical (unpaired) electrons. The molecule has 0 bridgehead atoms. The molecule has 0 saturated heterocycles. The van der Waals surface area contributed by atoms with Crippen molar-refractivity contribution in [3.05, 3.63) is 69.3 Å². The highest BCUT2D eigenvalue weighted by atomic mass is 35.5. The van der Waals surface area contributed by atoms with Crippen LogP contribution >= 0.6 is 23.2 Å². The first kappa shape index (κ1) is 23.9. The van der Waals surface area contributed by atoms with Crippen molar-refractivity contribution >= 4 is 29.1 Å². The van der Waals surface area contributed by atoms with E-state index in [2.05, 4.69) is 22.3 Å². The van der Waals surface area contributed by atoms with E-state index in [0.29, 0.717) is 34.4 Å². The van der Waals surface area contributed by atoms with E-state index in [-0.39, 0.29) is 5.91 Å². The van der Waals surface area contributed by atoms with Gasteiger partial charge in [-0.25, -0.2) is 4.68 Å². The second-order valence-corrected chi connectivity index (χ2v) is 9.30. The lowest BCUT2D eigenvalue weighted by molar-refractivity contribution is 0.0913. The first-order chi connectivity index (χ1) is 15.1. The van der Waals surface area contributed by atoms with Gasteiger partial charge in [-0.15, -0.1) is 0 Å². The molecule has 0 aliphatic heterocycles. The Labute approximate surface area is 198 Å². The number of amides is 1. The van der Waals surface area contributed by atoms with Crippen LogP contribution < -0.4 is 11.1 Å². The lowest BCUT2D eigenvalue weighted by atomic mass is 10.0. The van der Waals surface area contributed by atoms with Gasteiger partial charge in [0.05, 0.1) is 16.4 Å². The van der Waals surface area contributed by atoms with Crippen molar-refractivity contribution in [1.82, 2.24) is 15.1 Å². The Morgan fingerprint density at radius 1 is 1.16 bits per heavy atom. The van der Waals surface area contributed by atoms with Crippen LogP contribution in [0.3, 0.4) is 0 Å². The van der Waals surface area contributed by atoms with Crippen LogP contribution in [0.25, 0.3) is 16.9 Å². The molecule has 3 rings (SSSR count). The van der Waals surface area contributed by atoms with E-state index in [1.54, 1.807) is 22.9 Å². The second-order valence-electron chi connectivity index (χ2n) is 8.45. The first-order valence-electron chi connectivity index (χ1n) is 10.3. The third-order valence-corrected chi connectivity index (χ3v) is 5.18. The Kier molecular flexibility index (Phi) is 7.30. The minimum absolute atomic E-state index is 0.246. The van der Waals surface area contributed by atoms with Crippen LogP contribution in [0, 0.1) is 18.8 Å². The summed E-state index contributed by atoms with van der Waals surface area (Å²) in [4.78, 5) is 13.0. The molecule has 0 fully saturated rings. The van der Waals surface area contributed by atoms with Gasteiger partial charge in [0.25, 0.3) is 5.91 Å². The number of halogens is 2. The standard InChI is InChI=1S/C25H26Cl2N4O/c1-16-22(24(32)29-25(2,3)4)30-31(23(16)18-9-11-19(26)12-10-18)21-13-8-17(15-20(21)27)7-5-6-14-28/h8-13,15H,6,14,28H2,1-4H3,(H,29,32). The van der Waals surface area contributed by atoms with Crippen LogP contribution in [0.5, 0.6) is 0 Å². The summed E-state index contributed by atoms with van der Waals surface area (Å²) in [6.45, 7) is 8.18. The van der Waals surface area contributed by atoms with E-state index in [9.17, 15) is 4.79 Å². The molecule has 2 aromatic carbocycles. The van der Waals surface area contributed by atoms with Crippen LogP contribution in [0.15, 0.2) is 42.5 Å². The number of hydrogen-bond donors (Lipinski definition) is 2. The molecule has 1 heterocycles. The van der Waals surface area contributed by atoms with Gasteiger partial charge in [-0.1, -0.05) is 47.2 Å². The van der Waals surface area contributed by atoms with Crippen LogP contribution in [0.4, 0.5) is 0 Å². The molecule has 0 aliphatic rings. The number of nitrogens with zero attached hydrogens (tertiary/aromatic N) is 2. The topological polar surface area (TPSA) is 72.9 Å². The summed E-state index contributed by atoms with van der Waals surface area (Å²) in [6, 6.07) is 12.9. The molecule has 0 aliphatic carbocycles. The summed E-state index contributed by atoms with van der Waals surface area (Å²) in [5.74, 6) is 5.82. The van der Waals surface area contributed by atoms with Gasteiger partial charge in [-0.05, 0) is 58.0 Å². The van der Waals surface area contributed by atoms with Crippen molar-refractivity contribution in [2.75, 3.05) is 6.54 Å². The summed E-state index contributed by atoms with van der Waals surface area (Å²) >= 11 is 12.7. The molecule has 32 heavy (non-hydrogen) atoms. The highest BCUT2D eigenvalue weighted by Gasteiger charge is 2.25. The minimum Gasteiger partial charge on any atom is -0.346 e. The fourth-order valence-electron chi connectivity index (χ4n) is 3.23. The van der Waals surface area contributed by atoms with Crippen LogP contribution in [0.1, 0.15) is 48.8 Å². The smallest absolute Gasteiger partial charge is 0.272 e. The third kappa shape index (κ3) is 5.52. The van der Waals surface area contributed by atoms with Crippen molar-refractivity contribution in [3.8, 4) is 28.8 Å². The SMILES string of the molecule is Cc1c(C(=O)NC(C)(C)C)nn(-c2ccc(C#CCCN)cc2Cl)c1-c1ccc(Cl)cc1. The van der Waals surface area contributed by atoms with Crippen molar-refractivity contribution in [2.24, 2.45) is 5.73 Å². The average Bonchev–Trinajstić information content (AvgIpc) is 3.05. The predicted octanol–water partition coefficient (Wildman–Crippen LogP) is 5.38.